The van der Waals surface area contributed by atoms with E-state index in [9.17, 15) is 0 Å². The number of unbranched alkanes of at least 4 members (excludes halogenated alkanes) is 1. The fourth-order valence-electron chi connectivity index (χ4n) is 8.58. The van der Waals surface area contributed by atoms with E-state index in [0.717, 1.165) is 41.9 Å². The molecule has 3 nitrogen and oxygen atoms in total. The minimum atomic E-state index is -0.350. The Bertz CT molecular complexity index is 653. The summed E-state index contributed by atoms with van der Waals surface area (Å²) in [5.74, 6) is 3.57. The third-order valence-electron chi connectivity index (χ3n) is 10.1. The average molecular weight is 405 g/mol. The highest BCUT2D eigenvalue weighted by Gasteiger charge is 2.71. The molecule has 8 atom stereocenters. The largest absolute Gasteiger partial charge is 0.378 e. The Balaban J connectivity index is 1.46. The summed E-state index contributed by atoms with van der Waals surface area (Å²) < 4.78 is 6.72. The zero-order valence-electron chi connectivity index (χ0n) is 18.2. The predicted octanol–water partition coefficient (Wildman–Crippen LogP) is 5.97. The van der Waals surface area contributed by atoms with Crippen LogP contribution in [0.2, 0.25) is 0 Å². The first-order valence-corrected chi connectivity index (χ1v) is 13.0. The van der Waals surface area contributed by atoms with Crippen LogP contribution in [0.15, 0.2) is 4.99 Å². The van der Waals surface area contributed by atoms with Crippen molar-refractivity contribution in [1.29, 1.82) is 0 Å². The lowest BCUT2D eigenvalue weighted by Crippen LogP contribution is -2.57. The van der Waals surface area contributed by atoms with Crippen LogP contribution >= 0.6 is 11.8 Å². The number of thioether (sulfide) groups is 1. The Morgan fingerprint density at radius 1 is 1.11 bits per heavy atom. The van der Waals surface area contributed by atoms with E-state index in [1.807, 2.05) is 11.8 Å². The molecule has 4 heteroatoms. The van der Waals surface area contributed by atoms with Crippen LogP contribution in [0.5, 0.6) is 0 Å². The molecule has 0 unspecified atom stereocenters. The lowest BCUT2D eigenvalue weighted by molar-refractivity contribution is -0.168. The molecule has 5 rings (SSSR count). The van der Waals surface area contributed by atoms with Crippen molar-refractivity contribution in [3.05, 3.63) is 0 Å². The molecule has 1 aliphatic heterocycles. The number of fused-ring (bicyclic) bond motifs is 7. The normalized spacial score (nSPS) is 52.4. The van der Waals surface area contributed by atoms with Crippen molar-refractivity contribution in [2.45, 2.75) is 102 Å². The lowest BCUT2D eigenvalue weighted by atomic mass is 9.45. The molecular weight excluding hydrogens is 364 g/mol. The van der Waals surface area contributed by atoms with Gasteiger partial charge in [0, 0.05) is 12.0 Å². The van der Waals surface area contributed by atoms with E-state index < -0.39 is 0 Å². The second kappa shape index (κ2) is 6.90. The Labute approximate surface area is 176 Å². The van der Waals surface area contributed by atoms with E-state index in [1.54, 1.807) is 0 Å². The fourth-order valence-corrected chi connectivity index (χ4v) is 9.91. The van der Waals surface area contributed by atoms with E-state index >= 15 is 0 Å². The molecule has 5 aliphatic rings. The average Bonchev–Trinajstić information content (AvgIpc) is 3.11. The molecule has 0 aromatic rings. The summed E-state index contributed by atoms with van der Waals surface area (Å²) in [5, 5.41) is 1.21. The summed E-state index contributed by atoms with van der Waals surface area (Å²) in [5.41, 5.74) is 6.69. The molecule has 1 heterocycles. The van der Waals surface area contributed by atoms with Crippen molar-refractivity contribution in [3.8, 4) is 0 Å². The van der Waals surface area contributed by atoms with Crippen LogP contribution in [0.4, 0.5) is 0 Å². The molecule has 28 heavy (non-hydrogen) atoms. The molecule has 0 amide bonds. The molecule has 2 N–H and O–H groups in total. The number of rotatable bonds is 4. The van der Waals surface area contributed by atoms with Gasteiger partial charge in [0.25, 0.3) is 0 Å². The molecule has 0 bridgehead atoms. The maximum absolute atomic E-state index is 6.72. The van der Waals surface area contributed by atoms with Gasteiger partial charge in [0.05, 0.1) is 5.25 Å². The summed E-state index contributed by atoms with van der Waals surface area (Å²) in [6.45, 7) is 8.27. The molecule has 0 saturated heterocycles. The summed E-state index contributed by atoms with van der Waals surface area (Å²) in [4.78, 5) is 5.08. The van der Waals surface area contributed by atoms with Crippen LogP contribution in [0, 0.1) is 34.5 Å². The maximum atomic E-state index is 6.72. The molecule has 4 saturated carbocycles. The number of hydrogen-bond acceptors (Lipinski definition) is 4. The highest BCUT2D eigenvalue weighted by atomic mass is 32.2. The molecule has 0 radical (unpaired) electrons. The Morgan fingerprint density at radius 2 is 1.96 bits per heavy atom. The van der Waals surface area contributed by atoms with Gasteiger partial charge in [-0.2, -0.15) is 0 Å². The molecule has 4 fully saturated rings. The third-order valence-corrected chi connectivity index (χ3v) is 11.2. The number of amidine groups is 1. The summed E-state index contributed by atoms with van der Waals surface area (Å²) >= 11 is 1.82. The van der Waals surface area contributed by atoms with Crippen molar-refractivity contribution in [3.63, 3.8) is 0 Å². The maximum Gasteiger partial charge on any atom is 0.179 e. The monoisotopic (exact) mass is 404 g/mol. The standard InChI is InChI=1S/C24H40N2OS/c1-4-5-14-27-24-20(28-21(25)26-24)15-19-17-10-9-16-8-6-7-12-22(16,2)18(17)11-13-23(19,24)3/h16-20H,4-15H2,1-3H3,(H2,25,26)/t16-,17-,18+,19+,20-,22+,23+,24-/m1/s1. The van der Waals surface area contributed by atoms with Crippen molar-refractivity contribution in [2.75, 3.05) is 6.61 Å². The van der Waals surface area contributed by atoms with Gasteiger partial charge in [-0.1, -0.05) is 51.8 Å². The lowest BCUT2D eigenvalue weighted by Gasteiger charge is -2.61. The number of nitrogens with two attached hydrogens (primary N) is 1. The molecule has 0 aromatic heterocycles. The van der Waals surface area contributed by atoms with Gasteiger partial charge in [0.2, 0.25) is 0 Å². The second-order valence-electron chi connectivity index (χ2n) is 11.0. The highest BCUT2D eigenvalue weighted by molar-refractivity contribution is 8.14. The van der Waals surface area contributed by atoms with Gasteiger partial charge < -0.3 is 10.5 Å². The number of hydrogen-bond donors (Lipinski definition) is 1. The van der Waals surface area contributed by atoms with Crippen LogP contribution in [0.1, 0.15) is 91.4 Å². The van der Waals surface area contributed by atoms with Gasteiger partial charge in [0.1, 0.15) is 0 Å². The van der Waals surface area contributed by atoms with Gasteiger partial charge in [-0.25, -0.2) is 4.99 Å². The zero-order valence-corrected chi connectivity index (χ0v) is 19.0. The fraction of sp³-hybridized carbons (Fsp3) is 0.958. The number of aliphatic imine (C=N–C) groups is 1. The number of nitrogens with zero attached hydrogens (tertiary/aromatic N) is 1. The summed E-state index contributed by atoms with van der Waals surface area (Å²) in [6, 6.07) is 0. The predicted molar refractivity (Wildman–Crippen MR) is 118 cm³/mol. The first-order valence-electron chi connectivity index (χ1n) is 12.1. The van der Waals surface area contributed by atoms with E-state index in [2.05, 4.69) is 20.8 Å². The van der Waals surface area contributed by atoms with Crippen molar-refractivity contribution >= 4 is 16.9 Å². The Kier molecular flexibility index (Phi) is 4.86. The molecule has 158 valence electrons. The van der Waals surface area contributed by atoms with Crippen LogP contribution < -0.4 is 5.73 Å². The van der Waals surface area contributed by atoms with Crippen molar-refractivity contribution in [2.24, 2.45) is 45.2 Å². The minimum Gasteiger partial charge on any atom is -0.378 e. The van der Waals surface area contributed by atoms with E-state index in [0.29, 0.717) is 10.7 Å². The first-order chi connectivity index (χ1) is 13.4. The molecular formula is C24H40N2OS. The van der Waals surface area contributed by atoms with Crippen molar-refractivity contribution in [1.82, 2.24) is 0 Å². The zero-order chi connectivity index (χ0) is 19.6. The summed E-state index contributed by atoms with van der Waals surface area (Å²) in [7, 11) is 0. The van der Waals surface area contributed by atoms with Gasteiger partial charge in [0.15, 0.2) is 10.9 Å². The van der Waals surface area contributed by atoms with Crippen LogP contribution in [-0.4, -0.2) is 22.7 Å². The van der Waals surface area contributed by atoms with Gasteiger partial charge in [-0.05, 0) is 80.5 Å². The van der Waals surface area contributed by atoms with E-state index in [4.69, 9.17) is 15.5 Å². The SMILES string of the molecule is CCCCO[C@]12N=C(N)S[C@@H]1C[C@H]1[C@@H]3CC[C@H]4CCCC[C@]4(C)[C@H]3CC[C@@]12C. The van der Waals surface area contributed by atoms with Gasteiger partial charge >= 0.3 is 0 Å². The minimum absolute atomic E-state index is 0.165. The molecule has 0 aromatic carbocycles. The van der Waals surface area contributed by atoms with Crippen LogP contribution in [0.3, 0.4) is 0 Å². The first kappa shape index (κ1) is 19.7. The van der Waals surface area contributed by atoms with E-state index in [1.165, 1.54) is 64.2 Å². The Morgan fingerprint density at radius 3 is 2.79 bits per heavy atom. The van der Waals surface area contributed by atoms with E-state index in [-0.39, 0.29) is 11.1 Å². The van der Waals surface area contributed by atoms with Crippen LogP contribution in [-0.2, 0) is 4.74 Å². The highest BCUT2D eigenvalue weighted by Crippen LogP contribution is 2.71. The quantitative estimate of drug-likeness (QED) is 0.587. The Hall–Kier alpha value is -0.220. The summed E-state index contributed by atoms with van der Waals surface area (Å²) in [6.07, 6.45) is 15.1. The topological polar surface area (TPSA) is 47.6 Å². The molecule has 0 spiro atoms. The van der Waals surface area contributed by atoms with Gasteiger partial charge in [-0.15, -0.1) is 0 Å². The molecule has 4 aliphatic carbocycles. The third kappa shape index (κ3) is 2.55. The van der Waals surface area contributed by atoms with Gasteiger partial charge in [-0.3, -0.25) is 0 Å². The number of ether oxygens (including phenoxy) is 1. The second-order valence-corrected chi connectivity index (χ2v) is 12.3. The van der Waals surface area contributed by atoms with Crippen molar-refractivity contribution < 1.29 is 4.74 Å². The van der Waals surface area contributed by atoms with Crippen LogP contribution in [0.25, 0.3) is 0 Å². The smallest absolute Gasteiger partial charge is 0.179 e.